The predicted molar refractivity (Wildman–Crippen MR) is 95.0 cm³/mol. The summed E-state index contributed by atoms with van der Waals surface area (Å²) < 4.78 is 5.00. The molecule has 0 saturated heterocycles. The lowest BCUT2D eigenvalue weighted by Crippen LogP contribution is -2.14. The Labute approximate surface area is 140 Å². The molecule has 22 heavy (non-hydrogen) atoms. The van der Waals surface area contributed by atoms with Gasteiger partial charge in [0, 0.05) is 11.1 Å². The Hall–Kier alpha value is -1.57. The summed E-state index contributed by atoms with van der Waals surface area (Å²) in [7, 11) is 0. The van der Waals surface area contributed by atoms with E-state index < -0.39 is 0 Å². The van der Waals surface area contributed by atoms with Crippen LogP contribution in [-0.4, -0.2) is 27.3 Å². The third-order valence-electron chi connectivity index (χ3n) is 2.96. The number of nitrogens with one attached hydrogen (secondary N) is 1. The number of hydrogen-bond donors (Lipinski definition) is 1. The van der Waals surface area contributed by atoms with Crippen LogP contribution in [0.5, 0.6) is 0 Å². The van der Waals surface area contributed by atoms with Gasteiger partial charge in [-0.1, -0.05) is 59.9 Å². The van der Waals surface area contributed by atoms with Gasteiger partial charge in [-0.05, 0) is 29.2 Å². The number of thioether (sulfide) groups is 2. The van der Waals surface area contributed by atoms with Crippen LogP contribution in [0.4, 0.5) is 5.69 Å². The van der Waals surface area contributed by atoms with E-state index in [-0.39, 0.29) is 5.91 Å². The Balaban J connectivity index is 1.65. The highest BCUT2D eigenvalue weighted by Crippen LogP contribution is 2.25. The average Bonchev–Trinajstić information content (AvgIpc) is 3.01. The topological polar surface area (TPSA) is 54.9 Å². The molecule has 0 aliphatic rings. The molecule has 0 aliphatic heterocycles. The Kier molecular flexibility index (Phi) is 4.97. The summed E-state index contributed by atoms with van der Waals surface area (Å²) in [5.74, 6) is 0.286. The lowest BCUT2D eigenvalue weighted by Gasteiger charge is -2.08. The molecule has 0 radical (unpaired) electrons. The van der Waals surface area contributed by atoms with Crippen LogP contribution >= 0.6 is 35.1 Å². The van der Waals surface area contributed by atoms with Crippen LogP contribution in [0.3, 0.4) is 0 Å². The van der Waals surface area contributed by atoms with Gasteiger partial charge in [-0.3, -0.25) is 4.79 Å². The highest BCUT2D eigenvalue weighted by molar-refractivity contribution is 8.01. The Morgan fingerprint density at radius 2 is 2.05 bits per heavy atom. The molecule has 1 amide bonds. The fraction of sp³-hybridized carbons (Fsp3) is 0.133. The second-order valence-corrected chi connectivity index (χ2v) is 7.16. The molecule has 1 N–H and O–H groups in total. The minimum Gasteiger partial charge on any atom is -0.325 e. The van der Waals surface area contributed by atoms with Crippen LogP contribution in [0.1, 0.15) is 0 Å². The summed E-state index contributed by atoms with van der Waals surface area (Å²) in [6, 6.07) is 13.9. The van der Waals surface area contributed by atoms with E-state index in [4.69, 9.17) is 0 Å². The number of anilines is 1. The van der Waals surface area contributed by atoms with E-state index >= 15 is 0 Å². The van der Waals surface area contributed by atoms with Crippen molar-refractivity contribution in [3.8, 4) is 0 Å². The van der Waals surface area contributed by atoms with E-state index in [1.54, 1.807) is 0 Å². The quantitative estimate of drug-likeness (QED) is 0.703. The van der Waals surface area contributed by atoms with Crippen molar-refractivity contribution >= 4 is 57.4 Å². The maximum atomic E-state index is 12.1. The van der Waals surface area contributed by atoms with Crippen molar-refractivity contribution < 1.29 is 4.79 Å². The second kappa shape index (κ2) is 7.13. The lowest BCUT2D eigenvalue weighted by molar-refractivity contribution is -0.113. The third-order valence-corrected chi connectivity index (χ3v) is 5.46. The van der Waals surface area contributed by atoms with Crippen molar-refractivity contribution in [1.82, 2.24) is 9.36 Å². The Bertz CT molecular complexity index is 798. The number of benzene rings is 2. The number of aromatic nitrogens is 2. The third kappa shape index (κ3) is 3.60. The van der Waals surface area contributed by atoms with Gasteiger partial charge in [-0.15, -0.1) is 0 Å². The van der Waals surface area contributed by atoms with Crippen molar-refractivity contribution in [3.63, 3.8) is 0 Å². The molecule has 3 aromatic rings. The lowest BCUT2D eigenvalue weighted by atomic mass is 10.1. The van der Waals surface area contributed by atoms with Gasteiger partial charge in [0.15, 0.2) is 4.34 Å². The molecule has 2 aromatic carbocycles. The zero-order valence-electron chi connectivity index (χ0n) is 11.8. The number of fused-ring (bicyclic) bond motifs is 1. The fourth-order valence-electron chi connectivity index (χ4n) is 1.99. The normalized spacial score (nSPS) is 10.8. The van der Waals surface area contributed by atoms with Crippen LogP contribution in [0.15, 0.2) is 52.0 Å². The summed E-state index contributed by atoms with van der Waals surface area (Å²) in [5.41, 5.74) is 0.839. The molecule has 112 valence electrons. The first-order valence-electron chi connectivity index (χ1n) is 6.54. The van der Waals surface area contributed by atoms with Gasteiger partial charge in [0.05, 0.1) is 5.75 Å². The summed E-state index contributed by atoms with van der Waals surface area (Å²) in [5, 5.41) is 5.88. The number of hydrogen-bond acceptors (Lipinski definition) is 6. The first-order valence-corrected chi connectivity index (χ1v) is 9.53. The maximum absolute atomic E-state index is 12.1. The molecule has 0 unspecified atom stereocenters. The first kappa shape index (κ1) is 15.3. The fourth-order valence-corrected chi connectivity index (χ4v) is 4.00. The molecule has 0 spiro atoms. The summed E-state index contributed by atoms with van der Waals surface area (Å²) in [6.07, 6.45) is 1.93. The summed E-state index contributed by atoms with van der Waals surface area (Å²) in [6.45, 7) is 0. The molecule has 3 rings (SSSR count). The monoisotopic (exact) mass is 347 g/mol. The van der Waals surface area contributed by atoms with E-state index in [0.29, 0.717) is 5.75 Å². The predicted octanol–water partition coefficient (Wildman–Crippen LogP) is 4.14. The van der Waals surface area contributed by atoms with Gasteiger partial charge >= 0.3 is 0 Å². The van der Waals surface area contributed by atoms with Crippen molar-refractivity contribution in [3.05, 3.63) is 42.5 Å². The standard InChI is InChI=1S/C15H13N3OS3/c1-20-14-17-15(22-18-14)21-9-13(19)16-12-8-4-6-10-5-2-3-7-11(10)12/h2-8H,9H2,1H3,(H,16,19). The SMILES string of the molecule is CSc1nsc(SCC(=O)Nc2cccc3ccccc23)n1. The average molecular weight is 347 g/mol. The van der Waals surface area contributed by atoms with Crippen molar-refractivity contribution in [2.45, 2.75) is 9.50 Å². The molecule has 0 bridgehead atoms. The number of carbonyl (C=O) groups is 1. The molecule has 0 atom stereocenters. The largest absolute Gasteiger partial charge is 0.325 e. The zero-order valence-corrected chi connectivity index (χ0v) is 14.2. The summed E-state index contributed by atoms with van der Waals surface area (Å²) in [4.78, 5) is 16.4. The highest BCUT2D eigenvalue weighted by atomic mass is 32.2. The minimum atomic E-state index is -0.0396. The van der Waals surface area contributed by atoms with Crippen LogP contribution in [0.25, 0.3) is 10.8 Å². The molecule has 4 nitrogen and oxygen atoms in total. The Morgan fingerprint density at radius 1 is 1.23 bits per heavy atom. The number of amides is 1. The molecular formula is C15H13N3OS3. The molecule has 1 aromatic heterocycles. The Morgan fingerprint density at radius 3 is 2.86 bits per heavy atom. The molecule has 7 heteroatoms. The van der Waals surface area contributed by atoms with Gasteiger partial charge in [0.25, 0.3) is 0 Å². The first-order chi connectivity index (χ1) is 10.8. The number of nitrogens with zero attached hydrogens (tertiary/aromatic N) is 2. The van der Waals surface area contributed by atoms with Crippen molar-refractivity contribution in [2.75, 3.05) is 17.3 Å². The van der Waals surface area contributed by atoms with E-state index in [1.165, 1.54) is 35.1 Å². The van der Waals surface area contributed by atoms with Gasteiger partial charge < -0.3 is 5.32 Å². The molecular weight excluding hydrogens is 334 g/mol. The smallest absolute Gasteiger partial charge is 0.234 e. The number of rotatable bonds is 5. The van der Waals surface area contributed by atoms with E-state index in [9.17, 15) is 4.79 Å². The van der Waals surface area contributed by atoms with Gasteiger partial charge in [-0.25, -0.2) is 4.98 Å². The van der Waals surface area contributed by atoms with E-state index in [1.807, 2.05) is 48.7 Å². The molecule has 0 fully saturated rings. The zero-order chi connectivity index (χ0) is 15.4. The van der Waals surface area contributed by atoms with Gasteiger partial charge in [0.1, 0.15) is 0 Å². The number of carbonyl (C=O) groups excluding carboxylic acids is 1. The summed E-state index contributed by atoms with van der Waals surface area (Å²) >= 11 is 4.24. The molecule has 1 heterocycles. The molecule has 0 saturated carbocycles. The van der Waals surface area contributed by atoms with E-state index in [0.717, 1.165) is 26.0 Å². The van der Waals surface area contributed by atoms with Crippen LogP contribution in [0.2, 0.25) is 0 Å². The highest BCUT2D eigenvalue weighted by Gasteiger charge is 2.09. The maximum Gasteiger partial charge on any atom is 0.234 e. The second-order valence-electron chi connectivity index (χ2n) is 4.41. The van der Waals surface area contributed by atoms with Gasteiger partial charge in [-0.2, -0.15) is 4.37 Å². The minimum absolute atomic E-state index is 0.0396. The molecule has 0 aliphatic carbocycles. The van der Waals surface area contributed by atoms with Crippen molar-refractivity contribution in [2.24, 2.45) is 0 Å². The van der Waals surface area contributed by atoms with Crippen molar-refractivity contribution in [1.29, 1.82) is 0 Å². The van der Waals surface area contributed by atoms with E-state index in [2.05, 4.69) is 14.7 Å². The van der Waals surface area contributed by atoms with Crippen LogP contribution < -0.4 is 5.32 Å². The van der Waals surface area contributed by atoms with Crippen LogP contribution in [0, 0.1) is 0 Å². The van der Waals surface area contributed by atoms with Crippen LogP contribution in [-0.2, 0) is 4.79 Å². The van der Waals surface area contributed by atoms with Gasteiger partial charge in [0.2, 0.25) is 11.1 Å².